The minimum absolute atomic E-state index is 0.114. The average Bonchev–Trinajstić information content (AvgIpc) is 2.51. The molecule has 5 heteroatoms. The Balaban J connectivity index is 1.69. The van der Waals surface area contributed by atoms with Crippen LogP contribution in [0.5, 0.6) is 5.75 Å². The Bertz CT molecular complexity index is 462. The summed E-state index contributed by atoms with van der Waals surface area (Å²) in [6, 6.07) is 7.28. The van der Waals surface area contributed by atoms with Gasteiger partial charge in [-0.15, -0.1) is 0 Å². The quantitative estimate of drug-likeness (QED) is 0.278. The predicted octanol–water partition coefficient (Wildman–Crippen LogP) is 3.47. The van der Waals surface area contributed by atoms with Crippen molar-refractivity contribution in [3.63, 3.8) is 0 Å². The Morgan fingerprint density at radius 1 is 1.38 bits per heavy atom. The van der Waals surface area contributed by atoms with Crippen molar-refractivity contribution in [3.05, 3.63) is 29.8 Å². The van der Waals surface area contributed by atoms with E-state index in [1.807, 2.05) is 23.9 Å². The van der Waals surface area contributed by atoms with E-state index in [1.54, 1.807) is 12.1 Å². The van der Waals surface area contributed by atoms with Crippen LogP contribution in [-0.4, -0.2) is 28.7 Å². The molecule has 0 aliphatic heterocycles. The lowest BCUT2D eigenvalue weighted by Crippen LogP contribution is -2.16. The molecule has 1 saturated carbocycles. The highest BCUT2D eigenvalue weighted by Gasteiger charge is 2.18. The number of nitrogens with two attached hydrogens (primary N) is 1. The van der Waals surface area contributed by atoms with Gasteiger partial charge in [0.15, 0.2) is 5.84 Å². The van der Waals surface area contributed by atoms with Crippen LogP contribution in [0.3, 0.4) is 0 Å². The minimum Gasteiger partial charge on any atom is -0.493 e. The number of rotatable bonds is 6. The Labute approximate surface area is 130 Å². The number of benzene rings is 1. The molecule has 1 fully saturated rings. The molecule has 2 unspecified atom stereocenters. The zero-order valence-corrected chi connectivity index (χ0v) is 13.3. The molecule has 21 heavy (non-hydrogen) atoms. The van der Waals surface area contributed by atoms with Crippen molar-refractivity contribution in [3.8, 4) is 5.75 Å². The van der Waals surface area contributed by atoms with Crippen molar-refractivity contribution in [1.82, 2.24) is 0 Å². The van der Waals surface area contributed by atoms with Gasteiger partial charge in [0.1, 0.15) is 5.75 Å². The van der Waals surface area contributed by atoms with Gasteiger partial charge in [-0.1, -0.05) is 24.9 Å². The van der Waals surface area contributed by atoms with E-state index in [2.05, 4.69) is 12.1 Å². The highest BCUT2D eigenvalue weighted by Crippen LogP contribution is 2.31. The van der Waals surface area contributed by atoms with E-state index in [-0.39, 0.29) is 5.84 Å². The molecule has 0 radical (unpaired) electrons. The number of ether oxygens (including phenoxy) is 1. The minimum atomic E-state index is 0.114. The maximum atomic E-state index is 8.60. The molecule has 116 valence electrons. The van der Waals surface area contributed by atoms with Crippen LogP contribution in [-0.2, 0) is 0 Å². The normalized spacial score (nSPS) is 23.0. The lowest BCUT2D eigenvalue weighted by molar-refractivity contribution is 0.318. The first kappa shape index (κ1) is 16.0. The zero-order valence-electron chi connectivity index (χ0n) is 12.5. The molecule has 2 rings (SSSR count). The fourth-order valence-corrected chi connectivity index (χ4v) is 3.99. The molecule has 1 aromatic rings. The lowest BCUT2D eigenvalue weighted by Gasteiger charge is -2.26. The number of thioether (sulfide) groups is 1. The molecule has 0 aromatic heterocycles. The monoisotopic (exact) mass is 308 g/mol. The molecule has 1 aliphatic carbocycles. The van der Waals surface area contributed by atoms with Gasteiger partial charge in [0.25, 0.3) is 0 Å². The predicted molar refractivity (Wildman–Crippen MR) is 88.3 cm³/mol. The summed E-state index contributed by atoms with van der Waals surface area (Å²) in [5.74, 6) is 2.84. The van der Waals surface area contributed by atoms with Crippen molar-refractivity contribution in [2.45, 2.75) is 37.9 Å². The number of hydrogen-bond donors (Lipinski definition) is 2. The second-order valence-corrected chi connectivity index (χ2v) is 7.03. The second kappa shape index (κ2) is 8.17. The second-order valence-electron chi connectivity index (χ2n) is 5.62. The number of amidine groups is 1. The lowest BCUT2D eigenvalue weighted by atomic mass is 9.91. The Kier molecular flexibility index (Phi) is 6.23. The molecule has 0 saturated heterocycles. The van der Waals surface area contributed by atoms with Crippen LogP contribution in [0.4, 0.5) is 0 Å². The molecule has 2 atom stereocenters. The summed E-state index contributed by atoms with van der Waals surface area (Å²) < 4.78 is 5.73. The van der Waals surface area contributed by atoms with E-state index in [0.29, 0.717) is 5.56 Å². The highest BCUT2D eigenvalue weighted by molar-refractivity contribution is 7.99. The van der Waals surface area contributed by atoms with E-state index in [1.165, 1.54) is 25.7 Å². The van der Waals surface area contributed by atoms with Crippen LogP contribution < -0.4 is 10.5 Å². The Morgan fingerprint density at radius 2 is 2.14 bits per heavy atom. The van der Waals surface area contributed by atoms with Crippen molar-refractivity contribution >= 4 is 17.6 Å². The van der Waals surface area contributed by atoms with E-state index in [4.69, 9.17) is 15.7 Å². The first-order chi connectivity index (χ1) is 10.2. The third kappa shape index (κ3) is 5.16. The van der Waals surface area contributed by atoms with Gasteiger partial charge in [0.2, 0.25) is 0 Å². The number of nitrogens with zero attached hydrogens (tertiary/aromatic N) is 1. The third-order valence-electron chi connectivity index (χ3n) is 3.85. The van der Waals surface area contributed by atoms with Gasteiger partial charge in [-0.2, -0.15) is 11.8 Å². The highest BCUT2D eigenvalue weighted by atomic mass is 32.2. The summed E-state index contributed by atoms with van der Waals surface area (Å²) in [7, 11) is 0. The van der Waals surface area contributed by atoms with Crippen molar-refractivity contribution in [2.75, 3.05) is 12.4 Å². The number of oxime groups is 1. The summed E-state index contributed by atoms with van der Waals surface area (Å²) in [6.45, 7) is 3.07. The average molecular weight is 308 g/mol. The van der Waals surface area contributed by atoms with Crippen LogP contribution in [0, 0.1) is 5.92 Å². The fraction of sp³-hybridized carbons (Fsp3) is 0.562. The maximum Gasteiger partial charge on any atom is 0.170 e. The molecule has 0 bridgehead atoms. The molecule has 1 aliphatic rings. The molecule has 1 aromatic carbocycles. The largest absolute Gasteiger partial charge is 0.493 e. The van der Waals surface area contributed by atoms with Crippen LogP contribution in [0.15, 0.2) is 29.4 Å². The number of hydrogen-bond acceptors (Lipinski definition) is 4. The Hall–Kier alpha value is -1.36. The first-order valence-electron chi connectivity index (χ1n) is 7.51. The first-order valence-corrected chi connectivity index (χ1v) is 8.56. The maximum absolute atomic E-state index is 8.60. The van der Waals surface area contributed by atoms with E-state index in [0.717, 1.165) is 29.3 Å². The topological polar surface area (TPSA) is 67.8 Å². The van der Waals surface area contributed by atoms with Crippen LogP contribution >= 0.6 is 11.8 Å². The van der Waals surface area contributed by atoms with Crippen LogP contribution in [0.25, 0.3) is 0 Å². The van der Waals surface area contributed by atoms with Crippen LogP contribution in [0.2, 0.25) is 0 Å². The van der Waals surface area contributed by atoms with Gasteiger partial charge >= 0.3 is 0 Å². The van der Waals surface area contributed by atoms with Gasteiger partial charge in [-0.3, -0.25) is 0 Å². The van der Waals surface area contributed by atoms with Crippen molar-refractivity contribution in [1.29, 1.82) is 0 Å². The van der Waals surface area contributed by atoms with Gasteiger partial charge in [-0.25, -0.2) is 0 Å². The summed E-state index contributed by atoms with van der Waals surface area (Å²) in [5, 5.41) is 12.4. The standard InChI is InChI=1S/C16H24N2O2S/c1-12-3-2-4-15(11-12)21-10-9-20-14-7-5-13(6-8-14)16(17)18-19/h5-8,12,15,19H,2-4,9-11H2,1H3,(H2,17,18). The molecule has 0 spiro atoms. The molecular formula is C16H24N2O2S. The zero-order chi connectivity index (χ0) is 15.1. The van der Waals surface area contributed by atoms with E-state index in [9.17, 15) is 0 Å². The summed E-state index contributed by atoms with van der Waals surface area (Å²) in [5.41, 5.74) is 6.21. The SMILES string of the molecule is CC1CCCC(SCCOc2ccc(C(N)=NO)cc2)C1. The summed E-state index contributed by atoms with van der Waals surface area (Å²) in [4.78, 5) is 0. The van der Waals surface area contributed by atoms with Gasteiger partial charge in [0.05, 0.1) is 6.61 Å². The molecule has 3 N–H and O–H groups in total. The molecule has 0 heterocycles. The third-order valence-corrected chi connectivity index (χ3v) is 5.15. The van der Waals surface area contributed by atoms with Gasteiger partial charge in [-0.05, 0) is 43.0 Å². The van der Waals surface area contributed by atoms with Crippen molar-refractivity contribution < 1.29 is 9.94 Å². The Morgan fingerprint density at radius 3 is 2.81 bits per heavy atom. The van der Waals surface area contributed by atoms with Crippen LogP contribution in [0.1, 0.15) is 38.2 Å². The molecular weight excluding hydrogens is 284 g/mol. The summed E-state index contributed by atoms with van der Waals surface area (Å²) in [6.07, 6.45) is 5.46. The fourth-order valence-electron chi connectivity index (χ4n) is 2.68. The molecule has 4 nitrogen and oxygen atoms in total. The van der Waals surface area contributed by atoms with Crippen molar-refractivity contribution in [2.24, 2.45) is 16.8 Å². The van der Waals surface area contributed by atoms with E-state index >= 15 is 0 Å². The molecule has 0 amide bonds. The van der Waals surface area contributed by atoms with E-state index < -0.39 is 0 Å². The smallest absolute Gasteiger partial charge is 0.170 e. The van der Waals surface area contributed by atoms with Gasteiger partial charge in [0, 0.05) is 16.6 Å². The summed E-state index contributed by atoms with van der Waals surface area (Å²) >= 11 is 2.03. The van der Waals surface area contributed by atoms with Gasteiger partial charge < -0.3 is 15.7 Å².